The number of halogens is 3. The van der Waals surface area contributed by atoms with E-state index in [1.54, 1.807) is 6.07 Å². The molecule has 0 amide bonds. The summed E-state index contributed by atoms with van der Waals surface area (Å²) in [6, 6.07) is 4.64. The van der Waals surface area contributed by atoms with Crippen molar-refractivity contribution in [2.75, 3.05) is 19.6 Å². The minimum absolute atomic E-state index is 0. The van der Waals surface area contributed by atoms with Gasteiger partial charge in [0.2, 0.25) is 10.0 Å². The van der Waals surface area contributed by atoms with E-state index in [1.807, 2.05) is 0 Å². The maximum atomic E-state index is 12.1. The van der Waals surface area contributed by atoms with Gasteiger partial charge in [-0.3, -0.25) is 0 Å². The lowest BCUT2D eigenvalue weighted by Crippen LogP contribution is -2.30. The topological polar surface area (TPSA) is 58.2 Å². The Hall–Kier alpha value is -0.0400. The molecule has 1 atom stereocenters. The van der Waals surface area contributed by atoms with Crippen molar-refractivity contribution in [3.63, 3.8) is 0 Å². The van der Waals surface area contributed by atoms with Crippen molar-refractivity contribution >= 4 is 45.6 Å². The van der Waals surface area contributed by atoms with Gasteiger partial charge in [-0.05, 0) is 37.6 Å². The number of rotatable bonds is 4. The van der Waals surface area contributed by atoms with E-state index in [-0.39, 0.29) is 27.3 Å². The van der Waals surface area contributed by atoms with Gasteiger partial charge in [0.25, 0.3) is 0 Å². The molecule has 0 aliphatic carbocycles. The summed E-state index contributed by atoms with van der Waals surface area (Å²) in [5.74, 6) is 0.320. The lowest BCUT2D eigenvalue weighted by molar-refractivity contribution is 0.539. The molecule has 0 radical (unpaired) electrons. The first-order chi connectivity index (χ1) is 8.50. The van der Waals surface area contributed by atoms with Crippen LogP contribution in [0.15, 0.2) is 23.1 Å². The van der Waals surface area contributed by atoms with Crippen molar-refractivity contribution in [2.24, 2.45) is 5.92 Å². The zero-order valence-electron chi connectivity index (χ0n) is 10.0. The number of hydrogen-bond acceptors (Lipinski definition) is 3. The second kappa shape index (κ2) is 7.11. The predicted octanol–water partition coefficient (Wildman–Crippen LogP) is 2.30. The molecule has 1 saturated heterocycles. The van der Waals surface area contributed by atoms with Gasteiger partial charge in [0.1, 0.15) is 4.90 Å². The highest BCUT2D eigenvalue weighted by atomic mass is 35.5. The smallest absolute Gasteiger partial charge is 0.243 e. The Morgan fingerprint density at radius 2 is 1.95 bits per heavy atom. The van der Waals surface area contributed by atoms with Crippen molar-refractivity contribution in [3.8, 4) is 0 Å². The Morgan fingerprint density at radius 1 is 1.32 bits per heavy atom. The van der Waals surface area contributed by atoms with Gasteiger partial charge in [-0.1, -0.05) is 29.3 Å². The van der Waals surface area contributed by atoms with Crippen LogP contribution in [0.4, 0.5) is 0 Å². The third-order valence-electron chi connectivity index (χ3n) is 2.91. The number of hydrogen-bond donors (Lipinski definition) is 2. The molecule has 19 heavy (non-hydrogen) atoms. The van der Waals surface area contributed by atoms with Crippen LogP contribution in [0.5, 0.6) is 0 Å². The maximum absolute atomic E-state index is 12.1. The zero-order chi connectivity index (χ0) is 13.2. The van der Waals surface area contributed by atoms with Crippen LogP contribution in [0, 0.1) is 5.92 Å². The molecule has 108 valence electrons. The molecule has 8 heteroatoms. The fraction of sp³-hybridized carbons (Fsp3) is 0.455. The summed E-state index contributed by atoms with van der Waals surface area (Å²) in [4.78, 5) is -0.0423. The largest absolute Gasteiger partial charge is 0.316 e. The number of benzene rings is 1. The summed E-state index contributed by atoms with van der Waals surface area (Å²) >= 11 is 11.8. The summed E-state index contributed by atoms with van der Waals surface area (Å²) in [6.07, 6.45) is 0.971. The van der Waals surface area contributed by atoms with E-state index in [0.29, 0.717) is 12.5 Å². The van der Waals surface area contributed by atoms with E-state index >= 15 is 0 Å². The molecule has 4 nitrogen and oxygen atoms in total. The average Bonchev–Trinajstić information content (AvgIpc) is 2.78. The Morgan fingerprint density at radius 3 is 2.47 bits per heavy atom. The predicted molar refractivity (Wildman–Crippen MR) is 79.9 cm³/mol. The van der Waals surface area contributed by atoms with Crippen LogP contribution in [0.25, 0.3) is 0 Å². The van der Waals surface area contributed by atoms with E-state index in [9.17, 15) is 8.42 Å². The van der Waals surface area contributed by atoms with E-state index < -0.39 is 10.0 Å². The van der Waals surface area contributed by atoms with Crippen molar-refractivity contribution in [1.82, 2.24) is 10.0 Å². The quantitative estimate of drug-likeness (QED) is 0.880. The SMILES string of the molecule is Cl.O=S(=O)(NCC1CCNC1)c1c(Cl)cccc1Cl. The summed E-state index contributed by atoms with van der Waals surface area (Å²) in [5, 5.41) is 3.46. The monoisotopic (exact) mass is 344 g/mol. The zero-order valence-corrected chi connectivity index (χ0v) is 13.2. The van der Waals surface area contributed by atoms with Crippen LogP contribution >= 0.6 is 35.6 Å². The van der Waals surface area contributed by atoms with Crippen LogP contribution in [0.3, 0.4) is 0 Å². The first-order valence-electron chi connectivity index (χ1n) is 5.65. The minimum atomic E-state index is -3.65. The Balaban J connectivity index is 0.00000180. The maximum Gasteiger partial charge on any atom is 0.243 e. The molecule has 2 N–H and O–H groups in total. The minimum Gasteiger partial charge on any atom is -0.316 e. The second-order valence-electron chi connectivity index (χ2n) is 4.26. The van der Waals surface area contributed by atoms with E-state index in [1.165, 1.54) is 12.1 Å². The average molecular weight is 346 g/mol. The van der Waals surface area contributed by atoms with Crippen molar-refractivity contribution in [2.45, 2.75) is 11.3 Å². The Kier molecular flexibility index (Phi) is 6.36. The van der Waals surface area contributed by atoms with Gasteiger partial charge < -0.3 is 5.32 Å². The van der Waals surface area contributed by atoms with Crippen LogP contribution in [0.2, 0.25) is 10.0 Å². The van der Waals surface area contributed by atoms with Crippen molar-refractivity contribution in [3.05, 3.63) is 28.2 Å². The fourth-order valence-electron chi connectivity index (χ4n) is 1.93. The summed E-state index contributed by atoms with van der Waals surface area (Å²) in [7, 11) is -3.65. The molecule has 1 fully saturated rings. The van der Waals surface area contributed by atoms with Crippen molar-refractivity contribution in [1.29, 1.82) is 0 Å². The van der Waals surface area contributed by atoms with Gasteiger partial charge in [0.15, 0.2) is 0 Å². The molecular weight excluding hydrogens is 331 g/mol. The normalized spacial score (nSPS) is 19.2. The summed E-state index contributed by atoms with van der Waals surface area (Å²) in [6.45, 7) is 2.16. The summed E-state index contributed by atoms with van der Waals surface area (Å²) < 4.78 is 26.8. The van der Waals surface area contributed by atoms with Gasteiger partial charge in [-0.25, -0.2) is 13.1 Å². The second-order valence-corrected chi connectivity index (χ2v) is 6.78. The molecule has 1 unspecified atom stereocenters. The van der Waals surface area contributed by atoms with Gasteiger partial charge >= 0.3 is 0 Å². The molecule has 1 aliphatic heterocycles. The van der Waals surface area contributed by atoms with E-state index in [2.05, 4.69) is 10.0 Å². The van der Waals surface area contributed by atoms with Crippen LogP contribution in [0.1, 0.15) is 6.42 Å². The van der Waals surface area contributed by atoms with E-state index in [0.717, 1.165) is 19.5 Å². The molecule has 0 bridgehead atoms. The molecule has 1 heterocycles. The first-order valence-corrected chi connectivity index (χ1v) is 7.89. The van der Waals surface area contributed by atoms with Crippen LogP contribution in [-0.2, 0) is 10.0 Å². The lowest BCUT2D eigenvalue weighted by Gasteiger charge is -2.12. The molecule has 1 aromatic carbocycles. The summed E-state index contributed by atoms with van der Waals surface area (Å²) in [5.41, 5.74) is 0. The van der Waals surface area contributed by atoms with Crippen molar-refractivity contribution < 1.29 is 8.42 Å². The third-order valence-corrected chi connectivity index (χ3v) is 5.29. The van der Waals surface area contributed by atoms with Crippen LogP contribution < -0.4 is 10.0 Å². The Labute approximate surface area is 129 Å². The van der Waals surface area contributed by atoms with E-state index in [4.69, 9.17) is 23.2 Å². The molecular formula is C11H15Cl3N2O2S. The number of nitrogens with one attached hydrogen (secondary N) is 2. The van der Waals surface area contributed by atoms with Gasteiger partial charge in [-0.2, -0.15) is 0 Å². The van der Waals surface area contributed by atoms with Gasteiger partial charge in [-0.15, -0.1) is 12.4 Å². The lowest BCUT2D eigenvalue weighted by atomic mass is 10.1. The Bertz CT molecular complexity index is 510. The first kappa shape index (κ1) is 17.0. The highest BCUT2D eigenvalue weighted by Crippen LogP contribution is 2.28. The van der Waals surface area contributed by atoms with Gasteiger partial charge in [0.05, 0.1) is 10.0 Å². The highest BCUT2D eigenvalue weighted by Gasteiger charge is 2.23. The highest BCUT2D eigenvalue weighted by molar-refractivity contribution is 7.89. The molecule has 0 spiro atoms. The number of sulfonamides is 1. The molecule has 1 aromatic rings. The van der Waals surface area contributed by atoms with Gasteiger partial charge in [0, 0.05) is 6.54 Å². The van der Waals surface area contributed by atoms with Crippen LogP contribution in [-0.4, -0.2) is 28.1 Å². The molecule has 1 aliphatic rings. The molecule has 0 saturated carbocycles. The molecule has 0 aromatic heterocycles. The molecule has 2 rings (SSSR count). The standard InChI is InChI=1S/C11H14Cl2N2O2S.ClH/c12-9-2-1-3-10(13)11(9)18(16,17)15-7-8-4-5-14-6-8;/h1-3,8,14-15H,4-7H2;1H. The third kappa shape index (κ3) is 4.21. The fourth-order valence-corrected chi connectivity index (χ4v) is 4.18.